The van der Waals surface area contributed by atoms with E-state index < -0.39 is 16.8 Å². The van der Waals surface area contributed by atoms with Gasteiger partial charge in [0.2, 0.25) is 5.91 Å². The van der Waals surface area contributed by atoms with Crippen molar-refractivity contribution in [1.82, 2.24) is 9.80 Å². The minimum absolute atomic E-state index is 0.0704. The number of alkyl halides is 3. The number of hydrogen-bond donors (Lipinski definition) is 1. The van der Waals surface area contributed by atoms with E-state index in [-0.39, 0.29) is 18.1 Å². The summed E-state index contributed by atoms with van der Waals surface area (Å²) in [4.78, 5) is 16.5. The minimum atomic E-state index is -4.58. The fourth-order valence-corrected chi connectivity index (χ4v) is 3.58. The summed E-state index contributed by atoms with van der Waals surface area (Å²) >= 11 is 5.61. The molecule has 32 heavy (non-hydrogen) atoms. The number of benzene rings is 2. The van der Waals surface area contributed by atoms with Gasteiger partial charge in [-0.1, -0.05) is 11.6 Å². The van der Waals surface area contributed by atoms with Crippen LogP contribution >= 0.6 is 11.6 Å². The second-order valence-electron chi connectivity index (χ2n) is 7.38. The Bertz CT molecular complexity index is 902. The molecule has 0 atom stereocenters. The summed E-state index contributed by atoms with van der Waals surface area (Å²) in [7, 11) is 1.61. The topological polar surface area (TPSA) is 54.0 Å². The lowest BCUT2D eigenvalue weighted by molar-refractivity contribution is -0.137. The fraction of sp³-hybridized carbons (Fsp3) is 0.409. The molecule has 2 aromatic carbocycles. The largest absolute Gasteiger partial charge is 0.497 e. The van der Waals surface area contributed by atoms with Crippen molar-refractivity contribution in [2.75, 3.05) is 58.3 Å². The Morgan fingerprint density at radius 2 is 1.66 bits per heavy atom. The Balaban J connectivity index is 1.38. The van der Waals surface area contributed by atoms with Crippen LogP contribution < -0.4 is 14.8 Å². The van der Waals surface area contributed by atoms with Crippen LogP contribution in [0.25, 0.3) is 0 Å². The van der Waals surface area contributed by atoms with Crippen molar-refractivity contribution in [1.29, 1.82) is 0 Å². The molecule has 1 heterocycles. The Morgan fingerprint density at radius 3 is 2.28 bits per heavy atom. The number of nitrogens with zero attached hydrogens (tertiary/aromatic N) is 2. The highest BCUT2D eigenvalue weighted by Crippen LogP contribution is 2.36. The van der Waals surface area contributed by atoms with E-state index in [1.54, 1.807) is 7.11 Å². The lowest BCUT2D eigenvalue weighted by atomic mass is 10.2. The average molecular weight is 472 g/mol. The van der Waals surface area contributed by atoms with Crippen molar-refractivity contribution in [2.24, 2.45) is 0 Å². The molecule has 1 amide bonds. The molecule has 0 aliphatic carbocycles. The SMILES string of the molecule is COc1ccc(OCCN2CCN(CC(=O)Nc3ccc(Cl)c(C(F)(F)F)c3)CC2)cc1. The minimum Gasteiger partial charge on any atom is -0.497 e. The standard InChI is InChI=1S/C22H25ClF3N3O3/c1-31-17-3-5-18(6-4-17)32-13-12-28-8-10-29(11-9-28)15-21(30)27-16-2-7-20(23)19(14-16)22(24,25)26/h2-7,14H,8-13,15H2,1H3,(H,27,30). The van der Waals surface area contributed by atoms with E-state index in [4.69, 9.17) is 21.1 Å². The van der Waals surface area contributed by atoms with Crippen LogP contribution in [-0.4, -0.2) is 68.7 Å². The van der Waals surface area contributed by atoms with E-state index in [1.807, 2.05) is 29.2 Å². The number of carbonyl (C=O) groups is 1. The third-order valence-electron chi connectivity index (χ3n) is 5.12. The number of hydrogen-bond acceptors (Lipinski definition) is 5. The van der Waals surface area contributed by atoms with Crippen molar-refractivity contribution in [3.8, 4) is 11.5 Å². The molecule has 0 aromatic heterocycles. The summed E-state index contributed by atoms with van der Waals surface area (Å²) in [6.07, 6.45) is -4.58. The highest BCUT2D eigenvalue weighted by molar-refractivity contribution is 6.31. The molecule has 0 unspecified atom stereocenters. The predicted octanol–water partition coefficient (Wildman–Crippen LogP) is 4.00. The van der Waals surface area contributed by atoms with Gasteiger partial charge in [-0.05, 0) is 42.5 Å². The van der Waals surface area contributed by atoms with Gasteiger partial charge >= 0.3 is 6.18 Å². The quantitative estimate of drug-likeness (QED) is 0.630. The number of carbonyl (C=O) groups excluding carboxylic acids is 1. The molecule has 174 valence electrons. The van der Waals surface area contributed by atoms with Crippen molar-refractivity contribution in [3.05, 3.63) is 53.1 Å². The van der Waals surface area contributed by atoms with Crippen LogP contribution in [0.4, 0.5) is 18.9 Å². The summed E-state index contributed by atoms with van der Waals surface area (Å²) in [6, 6.07) is 10.7. The number of anilines is 1. The van der Waals surface area contributed by atoms with Gasteiger partial charge < -0.3 is 14.8 Å². The number of halogens is 4. The van der Waals surface area contributed by atoms with E-state index >= 15 is 0 Å². The molecule has 0 radical (unpaired) electrons. The van der Waals surface area contributed by atoms with E-state index in [9.17, 15) is 18.0 Å². The maximum Gasteiger partial charge on any atom is 0.417 e. The summed E-state index contributed by atoms with van der Waals surface area (Å²) in [6.45, 7) is 4.34. The fourth-order valence-electron chi connectivity index (χ4n) is 3.36. The summed E-state index contributed by atoms with van der Waals surface area (Å²) in [5.74, 6) is 1.18. The first kappa shape index (κ1) is 24.2. The first-order valence-corrected chi connectivity index (χ1v) is 10.5. The molecule has 3 rings (SSSR count). The van der Waals surface area contributed by atoms with Gasteiger partial charge in [0.25, 0.3) is 0 Å². The van der Waals surface area contributed by atoms with Crippen molar-refractivity contribution >= 4 is 23.2 Å². The predicted molar refractivity (Wildman–Crippen MR) is 116 cm³/mol. The van der Waals surface area contributed by atoms with Gasteiger partial charge in [-0.3, -0.25) is 14.6 Å². The smallest absolute Gasteiger partial charge is 0.417 e. The van der Waals surface area contributed by atoms with E-state index in [0.29, 0.717) is 19.7 Å². The third-order valence-corrected chi connectivity index (χ3v) is 5.45. The van der Waals surface area contributed by atoms with Crippen LogP contribution in [0.2, 0.25) is 5.02 Å². The second-order valence-corrected chi connectivity index (χ2v) is 7.79. The van der Waals surface area contributed by atoms with Crippen molar-refractivity contribution < 1.29 is 27.4 Å². The molecule has 1 aliphatic heterocycles. The normalized spacial score (nSPS) is 15.4. The Kier molecular flexibility index (Phi) is 8.22. The number of rotatable bonds is 8. The molecule has 6 nitrogen and oxygen atoms in total. The van der Waals surface area contributed by atoms with Gasteiger partial charge in [0.05, 0.1) is 24.2 Å². The molecule has 1 N–H and O–H groups in total. The van der Waals surface area contributed by atoms with Crippen molar-refractivity contribution in [3.63, 3.8) is 0 Å². The molecule has 1 saturated heterocycles. The average Bonchev–Trinajstić information content (AvgIpc) is 2.76. The van der Waals surface area contributed by atoms with Crippen LogP contribution in [0, 0.1) is 0 Å². The zero-order valence-electron chi connectivity index (χ0n) is 17.6. The Labute approximate surface area is 189 Å². The van der Waals surface area contributed by atoms with E-state index in [2.05, 4.69) is 10.2 Å². The molecule has 0 spiro atoms. The molecule has 1 fully saturated rings. The van der Waals surface area contributed by atoms with Crippen molar-refractivity contribution in [2.45, 2.75) is 6.18 Å². The lowest BCUT2D eigenvalue weighted by Gasteiger charge is -2.34. The first-order valence-electron chi connectivity index (χ1n) is 10.1. The van der Waals surface area contributed by atoms with E-state index in [0.717, 1.165) is 43.3 Å². The van der Waals surface area contributed by atoms with Gasteiger partial charge in [-0.15, -0.1) is 0 Å². The van der Waals surface area contributed by atoms with Gasteiger partial charge in [-0.2, -0.15) is 13.2 Å². The zero-order valence-corrected chi connectivity index (χ0v) is 18.4. The van der Waals surface area contributed by atoms with Gasteiger partial charge in [0.1, 0.15) is 18.1 Å². The molecule has 1 aliphatic rings. The molecule has 10 heteroatoms. The lowest BCUT2D eigenvalue weighted by Crippen LogP contribution is -2.49. The number of nitrogens with one attached hydrogen (secondary N) is 1. The second kappa shape index (κ2) is 10.9. The number of amides is 1. The summed E-state index contributed by atoms with van der Waals surface area (Å²) < 4.78 is 49.8. The van der Waals surface area contributed by atoms with E-state index in [1.165, 1.54) is 6.07 Å². The van der Waals surface area contributed by atoms with Gasteiger partial charge in [0.15, 0.2) is 0 Å². The number of ether oxygens (including phenoxy) is 2. The Hall–Kier alpha value is -2.49. The first-order chi connectivity index (χ1) is 15.2. The summed E-state index contributed by atoms with van der Waals surface area (Å²) in [5, 5.41) is 2.12. The van der Waals surface area contributed by atoms with Crippen LogP contribution in [-0.2, 0) is 11.0 Å². The molecular formula is C22H25ClF3N3O3. The van der Waals surface area contributed by atoms with Crippen LogP contribution in [0.15, 0.2) is 42.5 Å². The maximum absolute atomic E-state index is 13.0. The van der Waals surface area contributed by atoms with Crippen LogP contribution in [0.3, 0.4) is 0 Å². The van der Waals surface area contributed by atoms with Crippen LogP contribution in [0.5, 0.6) is 11.5 Å². The highest BCUT2D eigenvalue weighted by atomic mass is 35.5. The molecule has 0 saturated carbocycles. The molecule has 0 bridgehead atoms. The summed E-state index contributed by atoms with van der Waals surface area (Å²) in [5.41, 5.74) is -0.900. The molecular weight excluding hydrogens is 447 g/mol. The number of piperazine rings is 1. The van der Waals surface area contributed by atoms with Gasteiger partial charge in [0, 0.05) is 38.4 Å². The maximum atomic E-state index is 13.0. The Morgan fingerprint density at radius 1 is 1.03 bits per heavy atom. The molecule has 2 aromatic rings. The highest BCUT2D eigenvalue weighted by Gasteiger charge is 2.33. The monoisotopic (exact) mass is 471 g/mol. The van der Waals surface area contributed by atoms with Crippen LogP contribution in [0.1, 0.15) is 5.56 Å². The third kappa shape index (κ3) is 7.01. The van der Waals surface area contributed by atoms with Gasteiger partial charge in [-0.25, -0.2) is 0 Å². The zero-order chi connectivity index (χ0) is 23.1. The number of methoxy groups -OCH3 is 1.